The first-order chi connectivity index (χ1) is 14.3. The molecular weight excluding hydrogens is 398 g/mol. The van der Waals surface area contributed by atoms with Crippen LogP contribution in [0.1, 0.15) is 34.3 Å². The van der Waals surface area contributed by atoms with Crippen LogP contribution in [0.15, 0.2) is 70.7 Å². The number of hydrogen-bond acceptors (Lipinski definition) is 4. The van der Waals surface area contributed by atoms with Crippen LogP contribution in [0.4, 0.5) is 0 Å². The molecule has 0 aromatic heterocycles. The zero-order chi connectivity index (χ0) is 21.3. The number of rotatable bonds is 6. The van der Waals surface area contributed by atoms with Gasteiger partial charge in [0.2, 0.25) is 10.0 Å². The highest BCUT2D eigenvalue weighted by Crippen LogP contribution is 2.40. The number of sulfonamides is 1. The summed E-state index contributed by atoms with van der Waals surface area (Å²) in [7, 11) is -2.02. The molecule has 156 valence electrons. The Balaban J connectivity index is 1.36. The minimum Gasteiger partial charge on any atom is -0.267 e. The van der Waals surface area contributed by atoms with Crippen molar-refractivity contribution in [1.82, 2.24) is 9.73 Å². The minimum atomic E-state index is -3.57. The van der Waals surface area contributed by atoms with Gasteiger partial charge in [0, 0.05) is 30.8 Å². The highest BCUT2D eigenvalue weighted by Gasteiger charge is 2.38. The highest BCUT2D eigenvalue weighted by molar-refractivity contribution is 7.89. The van der Waals surface area contributed by atoms with Crippen molar-refractivity contribution in [3.63, 3.8) is 0 Å². The van der Waals surface area contributed by atoms with Gasteiger partial charge in [-0.3, -0.25) is 4.79 Å². The number of amides is 1. The Hall–Kier alpha value is -2.77. The maximum atomic E-state index is 12.7. The van der Waals surface area contributed by atoms with Crippen molar-refractivity contribution < 1.29 is 13.2 Å². The van der Waals surface area contributed by atoms with Gasteiger partial charge in [-0.15, -0.1) is 0 Å². The molecule has 2 atom stereocenters. The van der Waals surface area contributed by atoms with E-state index in [0.29, 0.717) is 17.4 Å². The summed E-state index contributed by atoms with van der Waals surface area (Å²) in [4.78, 5) is 12.6. The molecule has 1 amide bonds. The SMILES string of the molecule is Cc1ccc(S(=O)(=O)N(C)Cc2ccc(C(=O)N/N=C3/C[C@@H]4C=CC[C@H]34)cc2)cc1. The summed E-state index contributed by atoms with van der Waals surface area (Å²) in [6.45, 7) is 2.13. The molecule has 2 aromatic carbocycles. The van der Waals surface area contributed by atoms with Crippen molar-refractivity contribution in [3.8, 4) is 0 Å². The van der Waals surface area contributed by atoms with Crippen molar-refractivity contribution in [2.75, 3.05) is 7.05 Å². The van der Waals surface area contributed by atoms with E-state index in [9.17, 15) is 13.2 Å². The van der Waals surface area contributed by atoms with Crippen LogP contribution in [-0.4, -0.2) is 31.4 Å². The van der Waals surface area contributed by atoms with Crippen molar-refractivity contribution in [2.24, 2.45) is 16.9 Å². The van der Waals surface area contributed by atoms with E-state index in [4.69, 9.17) is 0 Å². The van der Waals surface area contributed by atoms with Gasteiger partial charge in [-0.1, -0.05) is 42.0 Å². The predicted molar refractivity (Wildman–Crippen MR) is 117 cm³/mol. The van der Waals surface area contributed by atoms with Crippen molar-refractivity contribution >= 4 is 21.6 Å². The Morgan fingerprint density at radius 3 is 2.50 bits per heavy atom. The molecule has 2 aromatic rings. The fourth-order valence-electron chi connectivity index (χ4n) is 3.84. The van der Waals surface area contributed by atoms with E-state index in [2.05, 4.69) is 22.7 Å². The highest BCUT2D eigenvalue weighted by atomic mass is 32.2. The number of carbonyl (C=O) groups excluding carboxylic acids is 1. The van der Waals surface area contributed by atoms with Crippen LogP contribution < -0.4 is 5.43 Å². The normalized spacial score (nSPS) is 21.5. The summed E-state index contributed by atoms with van der Waals surface area (Å²) < 4.78 is 26.8. The third-order valence-corrected chi connectivity index (χ3v) is 7.63. The Labute approximate surface area is 177 Å². The molecule has 0 heterocycles. The van der Waals surface area contributed by atoms with Crippen LogP contribution >= 0.6 is 0 Å². The molecule has 4 rings (SSSR count). The monoisotopic (exact) mass is 423 g/mol. The van der Waals surface area contributed by atoms with Gasteiger partial charge in [-0.05, 0) is 55.5 Å². The molecule has 1 saturated carbocycles. The molecule has 0 spiro atoms. The second-order valence-electron chi connectivity index (χ2n) is 7.95. The molecule has 30 heavy (non-hydrogen) atoms. The van der Waals surface area contributed by atoms with Gasteiger partial charge in [0.05, 0.1) is 4.90 Å². The third-order valence-electron chi connectivity index (χ3n) is 5.81. The average Bonchev–Trinajstić information content (AvgIpc) is 3.09. The minimum absolute atomic E-state index is 0.219. The second kappa shape index (κ2) is 8.16. The van der Waals surface area contributed by atoms with Crippen LogP contribution in [0, 0.1) is 18.8 Å². The molecule has 2 aliphatic carbocycles. The molecule has 0 aliphatic heterocycles. The van der Waals surface area contributed by atoms with Crippen molar-refractivity contribution in [2.45, 2.75) is 31.2 Å². The van der Waals surface area contributed by atoms with E-state index in [1.807, 2.05) is 6.92 Å². The molecule has 1 N–H and O–H groups in total. The summed E-state index contributed by atoms with van der Waals surface area (Å²) in [6.07, 6.45) is 6.32. The smallest absolute Gasteiger partial charge is 0.267 e. The number of nitrogens with one attached hydrogen (secondary N) is 1. The van der Waals surface area contributed by atoms with E-state index in [1.54, 1.807) is 55.6 Å². The van der Waals surface area contributed by atoms with E-state index in [-0.39, 0.29) is 17.3 Å². The van der Waals surface area contributed by atoms with E-state index < -0.39 is 10.0 Å². The molecule has 6 nitrogen and oxygen atoms in total. The molecule has 7 heteroatoms. The van der Waals surface area contributed by atoms with Crippen LogP contribution in [0.2, 0.25) is 0 Å². The Bertz CT molecular complexity index is 1100. The zero-order valence-corrected chi connectivity index (χ0v) is 17.9. The lowest BCUT2D eigenvalue weighted by Gasteiger charge is -2.31. The number of hydrogen-bond donors (Lipinski definition) is 1. The van der Waals surface area contributed by atoms with Gasteiger partial charge in [0.25, 0.3) is 5.91 Å². The Morgan fingerprint density at radius 1 is 1.13 bits per heavy atom. The van der Waals surface area contributed by atoms with E-state index in [1.165, 1.54) is 4.31 Å². The fourth-order valence-corrected chi connectivity index (χ4v) is 5.00. The Kier molecular flexibility index (Phi) is 5.58. The van der Waals surface area contributed by atoms with Gasteiger partial charge in [-0.25, -0.2) is 13.8 Å². The molecule has 0 saturated heterocycles. The number of aryl methyl sites for hydroxylation is 1. The zero-order valence-electron chi connectivity index (χ0n) is 17.1. The molecule has 2 aliphatic rings. The van der Waals surface area contributed by atoms with Gasteiger partial charge >= 0.3 is 0 Å². The predicted octanol–water partition coefficient (Wildman–Crippen LogP) is 3.50. The average molecular weight is 424 g/mol. The number of benzene rings is 2. The summed E-state index contributed by atoms with van der Waals surface area (Å²) in [6, 6.07) is 13.7. The lowest BCUT2D eigenvalue weighted by molar-refractivity contribution is 0.0954. The molecular formula is C23H25N3O3S. The molecule has 0 unspecified atom stereocenters. The number of carbonyl (C=O) groups is 1. The van der Waals surface area contributed by atoms with Crippen molar-refractivity contribution in [3.05, 3.63) is 77.4 Å². The summed E-state index contributed by atoms with van der Waals surface area (Å²) >= 11 is 0. The maximum Gasteiger partial charge on any atom is 0.271 e. The standard InChI is InChI=1S/C23H25N3O3S/c1-16-6-12-20(13-7-16)30(28,29)26(2)15-17-8-10-18(11-9-17)23(27)25-24-22-14-19-4-3-5-21(19)22/h3-4,6-13,19,21H,5,14-15H2,1-2H3,(H,25,27)/b24-22-/t19-,21-/m0/s1. The second-order valence-corrected chi connectivity index (χ2v) is 10.00. The number of fused-ring (bicyclic) bond motifs is 1. The van der Waals surface area contributed by atoms with Gasteiger partial charge in [0.15, 0.2) is 0 Å². The lowest BCUT2D eigenvalue weighted by atomic mass is 9.74. The Morgan fingerprint density at radius 2 is 1.83 bits per heavy atom. The van der Waals surface area contributed by atoms with Crippen LogP contribution in [-0.2, 0) is 16.6 Å². The van der Waals surface area contributed by atoms with Crippen molar-refractivity contribution in [1.29, 1.82) is 0 Å². The third kappa shape index (κ3) is 4.08. The van der Waals surface area contributed by atoms with Gasteiger partial charge < -0.3 is 0 Å². The van der Waals surface area contributed by atoms with E-state index >= 15 is 0 Å². The first-order valence-electron chi connectivity index (χ1n) is 10.00. The summed E-state index contributed by atoms with van der Waals surface area (Å²) in [5, 5.41) is 4.28. The first kappa shape index (κ1) is 20.5. The quantitative estimate of drug-likeness (QED) is 0.571. The fraction of sp³-hybridized carbons (Fsp3) is 0.304. The largest absolute Gasteiger partial charge is 0.271 e. The van der Waals surface area contributed by atoms with Crippen LogP contribution in [0.25, 0.3) is 0 Å². The number of hydrazone groups is 1. The lowest BCUT2D eigenvalue weighted by Crippen LogP contribution is -2.35. The summed E-state index contributed by atoms with van der Waals surface area (Å²) in [5.74, 6) is 0.788. The molecule has 0 radical (unpaired) electrons. The molecule has 1 fully saturated rings. The van der Waals surface area contributed by atoms with Gasteiger partial charge in [-0.2, -0.15) is 9.41 Å². The molecule has 0 bridgehead atoms. The van der Waals surface area contributed by atoms with Crippen LogP contribution in [0.5, 0.6) is 0 Å². The van der Waals surface area contributed by atoms with Crippen LogP contribution in [0.3, 0.4) is 0 Å². The van der Waals surface area contributed by atoms with E-state index in [0.717, 1.165) is 29.7 Å². The topological polar surface area (TPSA) is 78.8 Å². The maximum absolute atomic E-state index is 12.7. The van der Waals surface area contributed by atoms with Gasteiger partial charge in [0.1, 0.15) is 0 Å². The number of allylic oxidation sites excluding steroid dienone is 2. The summed E-state index contributed by atoms with van der Waals surface area (Å²) in [5.41, 5.74) is 5.99. The number of nitrogens with zero attached hydrogens (tertiary/aromatic N) is 2. The first-order valence-corrected chi connectivity index (χ1v) is 11.4.